The molecule has 0 N–H and O–H groups in total. The summed E-state index contributed by atoms with van der Waals surface area (Å²) in [6.07, 6.45) is -3.25. The average molecular weight is 338 g/mol. The van der Waals surface area contributed by atoms with Gasteiger partial charge in [-0.25, -0.2) is 4.79 Å². The van der Waals surface area contributed by atoms with Crippen LogP contribution < -0.4 is 0 Å². The van der Waals surface area contributed by atoms with Crippen LogP contribution in [0.3, 0.4) is 0 Å². The van der Waals surface area contributed by atoms with Crippen molar-refractivity contribution in [2.75, 3.05) is 0 Å². The number of carbonyl (C=O) groups is 1. The smallest absolute Gasteiger partial charge is 0.417 e. The number of esters is 1. The molecule has 0 saturated heterocycles. The highest BCUT2D eigenvalue weighted by atomic mass is 19.4. The van der Waals surface area contributed by atoms with E-state index < -0.39 is 29.9 Å². The van der Waals surface area contributed by atoms with Gasteiger partial charge in [-0.1, -0.05) is 12.1 Å². The van der Waals surface area contributed by atoms with Gasteiger partial charge >= 0.3 is 12.1 Å². The molecule has 3 rings (SSSR count). The second-order valence-electron chi connectivity index (χ2n) is 4.60. The monoisotopic (exact) mass is 338 g/mol. The summed E-state index contributed by atoms with van der Waals surface area (Å²) in [6.45, 7) is -0.460. The molecule has 0 unspecified atom stereocenters. The van der Waals surface area contributed by atoms with Crippen molar-refractivity contribution in [3.8, 4) is 11.7 Å². The SMILES string of the molecule is O=C(OCc1nnc(-c2ccco2)o1)c1ccccc1C(F)(F)F. The fourth-order valence-corrected chi connectivity index (χ4v) is 1.93. The predicted molar refractivity (Wildman–Crippen MR) is 72.6 cm³/mol. The Balaban J connectivity index is 1.71. The molecule has 0 aliphatic carbocycles. The molecule has 3 aromatic rings. The molecule has 124 valence electrons. The third-order valence-electron chi connectivity index (χ3n) is 2.98. The van der Waals surface area contributed by atoms with Gasteiger partial charge < -0.3 is 13.6 Å². The summed E-state index contributed by atoms with van der Waals surface area (Å²) < 4.78 is 53.7. The minimum absolute atomic E-state index is 0.0701. The molecule has 2 heterocycles. The lowest BCUT2D eigenvalue weighted by Crippen LogP contribution is -2.15. The Kier molecular flexibility index (Phi) is 4.07. The summed E-state index contributed by atoms with van der Waals surface area (Å²) in [5.41, 5.74) is -1.66. The predicted octanol–water partition coefficient (Wildman–Crippen LogP) is 3.71. The zero-order valence-corrected chi connectivity index (χ0v) is 11.9. The van der Waals surface area contributed by atoms with Crippen molar-refractivity contribution < 1.29 is 31.5 Å². The molecule has 1 aromatic carbocycles. The van der Waals surface area contributed by atoms with Crippen LogP contribution in [0.5, 0.6) is 0 Å². The van der Waals surface area contributed by atoms with Crippen LogP contribution in [0.2, 0.25) is 0 Å². The van der Waals surface area contributed by atoms with Crippen LogP contribution in [0.1, 0.15) is 21.8 Å². The number of carbonyl (C=O) groups excluding carboxylic acids is 1. The van der Waals surface area contributed by atoms with Gasteiger partial charge in [-0.05, 0) is 24.3 Å². The van der Waals surface area contributed by atoms with Crippen LogP contribution in [-0.4, -0.2) is 16.2 Å². The van der Waals surface area contributed by atoms with E-state index in [9.17, 15) is 18.0 Å². The summed E-state index contributed by atoms with van der Waals surface area (Å²) in [5, 5.41) is 7.32. The second-order valence-corrected chi connectivity index (χ2v) is 4.60. The molecule has 0 atom stereocenters. The fourth-order valence-electron chi connectivity index (χ4n) is 1.93. The Hall–Kier alpha value is -3.10. The van der Waals surface area contributed by atoms with Crippen molar-refractivity contribution in [3.63, 3.8) is 0 Å². The van der Waals surface area contributed by atoms with E-state index in [1.807, 2.05) is 0 Å². The normalized spacial score (nSPS) is 11.5. The Morgan fingerprint density at radius 1 is 1.12 bits per heavy atom. The molecule has 0 amide bonds. The van der Waals surface area contributed by atoms with Crippen molar-refractivity contribution >= 4 is 5.97 Å². The minimum Gasteiger partial charge on any atom is -0.459 e. The van der Waals surface area contributed by atoms with E-state index in [2.05, 4.69) is 10.2 Å². The summed E-state index contributed by atoms with van der Waals surface area (Å²) in [4.78, 5) is 11.9. The lowest BCUT2D eigenvalue weighted by molar-refractivity contribution is -0.138. The first-order valence-electron chi connectivity index (χ1n) is 6.65. The van der Waals surface area contributed by atoms with E-state index in [0.717, 1.165) is 12.1 Å². The molecule has 2 aromatic heterocycles. The Bertz CT molecular complexity index is 841. The van der Waals surface area contributed by atoms with Gasteiger partial charge in [0.15, 0.2) is 12.4 Å². The average Bonchev–Trinajstić information content (AvgIpc) is 3.23. The van der Waals surface area contributed by atoms with Crippen molar-refractivity contribution in [3.05, 3.63) is 59.7 Å². The molecule has 6 nitrogen and oxygen atoms in total. The summed E-state index contributed by atoms with van der Waals surface area (Å²) >= 11 is 0. The lowest BCUT2D eigenvalue weighted by Gasteiger charge is -2.11. The first-order valence-corrected chi connectivity index (χ1v) is 6.65. The van der Waals surface area contributed by atoms with E-state index in [4.69, 9.17) is 13.6 Å². The first-order chi connectivity index (χ1) is 11.4. The van der Waals surface area contributed by atoms with Gasteiger partial charge in [0.05, 0.1) is 17.4 Å². The maximum Gasteiger partial charge on any atom is 0.417 e. The molecular weight excluding hydrogens is 329 g/mol. The van der Waals surface area contributed by atoms with E-state index in [-0.39, 0.29) is 11.8 Å². The van der Waals surface area contributed by atoms with Crippen LogP contribution in [-0.2, 0) is 17.5 Å². The maximum absolute atomic E-state index is 12.9. The summed E-state index contributed by atoms with van der Waals surface area (Å²) in [5.74, 6) is -0.816. The number of furan rings is 1. The number of aromatic nitrogens is 2. The number of benzene rings is 1. The van der Waals surface area contributed by atoms with Crippen molar-refractivity contribution in [2.24, 2.45) is 0 Å². The maximum atomic E-state index is 12.9. The number of ether oxygens (including phenoxy) is 1. The third kappa shape index (κ3) is 3.29. The summed E-state index contributed by atoms with van der Waals surface area (Å²) in [7, 11) is 0. The molecule has 0 radical (unpaired) electrons. The molecule has 24 heavy (non-hydrogen) atoms. The molecule has 0 fully saturated rings. The molecule has 0 saturated carbocycles. The minimum atomic E-state index is -4.66. The quantitative estimate of drug-likeness (QED) is 0.675. The van der Waals surface area contributed by atoms with Crippen LogP contribution >= 0.6 is 0 Å². The number of rotatable bonds is 4. The number of halogens is 3. The van der Waals surface area contributed by atoms with E-state index >= 15 is 0 Å². The standard InChI is InChI=1S/C15H9F3N2O4/c16-15(17,18)10-5-2-1-4-9(10)14(21)23-8-12-19-20-13(24-12)11-6-3-7-22-11/h1-7H,8H2. The number of hydrogen-bond donors (Lipinski definition) is 0. The van der Waals surface area contributed by atoms with Crippen molar-refractivity contribution in [2.45, 2.75) is 12.8 Å². The van der Waals surface area contributed by atoms with Crippen LogP contribution in [0.25, 0.3) is 11.7 Å². The third-order valence-corrected chi connectivity index (χ3v) is 2.98. The molecule has 0 bridgehead atoms. The van der Waals surface area contributed by atoms with Crippen LogP contribution in [0, 0.1) is 0 Å². The van der Waals surface area contributed by atoms with Gasteiger partial charge in [-0.2, -0.15) is 13.2 Å². The van der Waals surface area contributed by atoms with Crippen molar-refractivity contribution in [1.82, 2.24) is 10.2 Å². The Morgan fingerprint density at radius 3 is 2.62 bits per heavy atom. The Morgan fingerprint density at radius 2 is 1.92 bits per heavy atom. The summed E-state index contributed by atoms with van der Waals surface area (Å²) in [6, 6.07) is 7.54. The largest absolute Gasteiger partial charge is 0.459 e. The van der Waals surface area contributed by atoms with Gasteiger partial charge in [-0.15, -0.1) is 10.2 Å². The van der Waals surface area contributed by atoms with Gasteiger partial charge in [0, 0.05) is 0 Å². The number of hydrogen-bond acceptors (Lipinski definition) is 6. The second kappa shape index (κ2) is 6.19. The first kappa shape index (κ1) is 15.8. The van der Waals surface area contributed by atoms with Gasteiger partial charge in [0.2, 0.25) is 0 Å². The molecule has 0 spiro atoms. The van der Waals surface area contributed by atoms with Crippen LogP contribution in [0.15, 0.2) is 51.5 Å². The number of alkyl halides is 3. The van der Waals surface area contributed by atoms with Gasteiger partial charge in [0.25, 0.3) is 11.8 Å². The number of nitrogens with zero attached hydrogens (tertiary/aromatic N) is 2. The lowest BCUT2D eigenvalue weighted by atomic mass is 10.1. The van der Waals surface area contributed by atoms with Crippen LogP contribution in [0.4, 0.5) is 13.2 Å². The topological polar surface area (TPSA) is 78.4 Å². The van der Waals surface area contributed by atoms with E-state index in [1.165, 1.54) is 18.4 Å². The molecule has 0 aliphatic rings. The van der Waals surface area contributed by atoms with Crippen molar-refractivity contribution in [1.29, 1.82) is 0 Å². The van der Waals surface area contributed by atoms with Gasteiger partial charge in [0.1, 0.15) is 0 Å². The molecule has 9 heteroatoms. The highest BCUT2D eigenvalue weighted by Crippen LogP contribution is 2.32. The molecule has 0 aliphatic heterocycles. The fraction of sp³-hybridized carbons (Fsp3) is 0.133. The zero-order valence-electron chi connectivity index (χ0n) is 11.9. The van der Waals surface area contributed by atoms with Gasteiger partial charge in [-0.3, -0.25) is 0 Å². The van der Waals surface area contributed by atoms with E-state index in [0.29, 0.717) is 5.76 Å². The highest BCUT2D eigenvalue weighted by molar-refractivity contribution is 5.91. The Labute approximate surface area is 132 Å². The molecular formula is C15H9F3N2O4. The highest BCUT2D eigenvalue weighted by Gasteiger charge is 2.35. The zero-order chi connectivity index (χ0) is 17.2. The van der Waals surface area contributed by atoms with E-state index in [1.54, 1.807) is 12.1 Å².